The Morgan fingerprint density at radius 3 is 2.33 bits per heavy atom. The van der Waals surface area contributed by atoms with Crippen LogP contribution in [0, 0.1) is 25.5 Å². The Morgan fingerprint density at radius 1 is 1.05 bits per heavy atom. The average molecular weight is 289 g/mol. The zero-order chi connectivity index (χ0) is 15.4. The minimum Gasteiger partial charge on any atom is -0.310 e. The van der Waals surface area contributed by atoms with Crippen molar-refractivity contribution in [2.24, 2.45) is 0 Å². The van der Waals surface area contributed by atoms with Crippen LogP contribution in [0.2, 0.25) is 0 Å². The minimum absolute atomic E-state index is 0.0960. The van der Waals surface area contributed by atoms with Crippen LogP contribution in [0.5, 0.6) is 0 Å². The number of benzene rings is 2. The van der Waals surface area contributed by atoms with Crippen LogP contribution in [0.3, 0.4) is 0 Å². The molecule has 0 heterocycles. The predicted molar refractivity (Wildman–Crippen MR) is 82.4 cm³/mol. The lowest BCUT2D eigenvalue weighted by Gasteiger charge is -2.21. The van der Waals surface area contributed by atoms with Gasteiger partial charge in [0.2, 0.25) is 0 Å². The third-order valence-electron chi connectivity index (χ3n) is 3.73. The smallest absolute Gasteiger partial charge is 0.129 e. The van der Waals surface area contributed by atoms with Crippen molar-refractivity contribution in [1.29, 1.82) is 0 Å². The molecule has 0 aliphatic carbocycles. The topological polar surface area (TPSA) is 12.0 Å². The van der Waals surface area contributed by atoms with Gasteiger partial charge in [0.05, 0.1) is 0 Å². The second kappa shape index (κ2) is 6.81. The van der Waals surface area contributed by atoms with E-state index in [4.69, 9.17) is 0 Å². The molecular formula is C18H21F2N. The van der Waals surface area contributed by atoms with Crippen LogP contribution in [0.25, 0.3) is 0 Å². The van der Waals surface area contributed by atoms with Crippen molar-refractivity contribution in [2.75, 3.05) is 6.54 Å². The summed E-state index contributed by atoms with van der Waals surface area (Å²) in [5.41, 5.74) is 3.51. The normalized spacial score (nSPS) is 12.4. The first-order valence-electron chi connectivity index (χ1n) is 7.26. The fraction of sp³-hybridized carbons (Fsp3) is 0.333. The van der Waals surface area contributed by atoms with Crippen molar-refractivity contribution >= 4 is 0 Å². The first-order chi connectivity index (χ1) is 10.0. The average Bonchev–Trinajstić information content (AvgIpc) is 2.44. The number of rotatable bonds is 5. The fourth-order valence-electron chi connectivity index (χ4n) is 2.61. The number of nitrogens with one attached hydrogen (secondary N) is 1. The van der Waals surface area contributed by atoms with E-state index in [9.17, 15) is 8.78 Å². The Balaban J connectivity index is 2.38. The molecule has 1 unspecified atom stereocenters. The van der Waals surface area contributed by atoms with E-state index in [1.165, 1.54) is 18.2 Å². The summed E-state index contributed by atoms with van der Waals surface area (Å²) in [7, 11) is 0. The summed E-state index contributed by atoms with van der Waals surface area (Å²) >= 11 is 0. The Labute approximate surface area is 125 Å². The third-order valence-corrected chi connectivity index (χ3v) is 3.73. The number of likely N-dealkylation sites (N-methyl/N-ethyl adjacent to an activating group) is 1. The molecule has 0 radical (unpaired) electrons. The molecule has 1 N–H and O–H groups in total. The molecule has 0 amide bonds. The second-order valence-electron chi connectivity index (χ2n) is 5.37. The van der Waals surface area contributed by atoms with E-state index in [2.05, 4.69) is 11.4 Å². The largest absolute Gasteiger partial charge is 0.310 e. The molecule has 2 aromatic rings. The summed E-state index contributed by atoms with van der Waals surface area (Å²) in [4.78, 5) is 0. The van der Waals surface area contributed by atoms with E-state index < -0.39 is 11.6 Å². The van der Waals surface area contributed by atoms with Gasteiger partial charge in [-0.15, -0.1) is 0 Å². The molecule has 0 aliphatic heterocycles. The van der Waals surface area contributed by atoms with Crippen molar-refractivity contribution < 1.29 is 8.78 Å². The van der Waals surface area contributed by atoms with Crippen LogP contribution in [0.1, 0.15) is 35.2 Å². The first-order valence-corrected chi connectivity index (χ1v) is 7.26. The van der Waals surface area contributed by atoms with E-state index in [0.717, 1.165) is 23.2 Å². The van der Waals surface area contributed by atoms with E-state index in [0.29, 0.717) is 6.42 Å². The van der Waals surface area contributed by atoms with E-state index in [1.54, 1.807) is 0 Å². The summed E-state index contributed by atoms with van der Waals surface area (Å²) < 4.78 is 27.8. The molecule has 112 valence electrons. The van der Waals surface area contributed by atoms with Gasteiger partial charge in [-0.2, -0.15) is 0 Å². The zero-order valence-electron chi connectivity index (χ0n) is 12.7. The van der Waals surface area contributed by atoms with Crippen LogP contribution in [0.4, 0.5) is 8.78 Å². The van der Waals surface area contributed by atoms with E-state index in [1.807, 2.05) is 32.9 Å². The van der Waals surface area contributed by atoms with Gasteiger partial charge in [-0.1, -0.05) is 36.8 Å². The fourth-order valence-corrected chi connectivity index (χ4v) is 2.61. The van der Waals surface area contributed by atoms with Gasteiger partial charge in [-0.05, 0) is 50.1 Å². The molecule has 0 saturated heterocycles. The van der Waals surface area contributed by atoms with Crippen molar-refractivity contribution in [3.05, 3.63) is 70.3 Å². The van der Waals surface area contributed by atoms with Crippen LogP contribution >= 0.6 is 0 Å². The Bertz CT molecular complexity index is 602. The van der Waals surface area contributed by atoms with Gasteiger partial charge in [0.1, 0.15) is 11.6 Å². The molecule has 3 heteroatoms. The van der Waals surface area contributed by atoms with Crippen molar-refractivity contribution in [3.8, 4) is 0 Å². The first kappa shape index (κ1) is 15.6. The molecular weight excluding hydrogens is 268 g/mol. The molecule has 0 spiro atoms. The molecule has 0 aliphatic rings. The number of aryl methyl sites for hydroxylation is 2. The maximum atomic E-state index is 13.9. The Hall–Kier alpha value is -1.74. The highest BCUT2D eigenvalue weighted by molar-refractivity contribution is 5.34. The maximum absolute atomic E-state index is 13.9. The van der Waals surface area contributed by atoms with Gasteiger partial charge in [-0.25, -0.2) is 8.78 Å². The monoisotopic (exact) mass is 289 g/mol. The van der Waals surface area contributed by atoms with Crippen molar-refractivity contribution in [2.45, 2.75) is 33.2 Å². The molecule has 0 saturated carbocycles. The lowest BCUT2D eigenvalue weighted by Crippen LogP contribution is -2.24. The number of halogens is 2. The van der Waals surface area contributed by atoms with Gasteiger partial charge >= 0.3 is 0 Å². The standard InChI is InChI=1S/C18H21F2N/c1-4-21-18(14-10-12(2)8-9-13(14)3)11-15-16(19)6-5-7-17(15)20/h5-10,18,21H,4,11H2,1-3H3. The SMILES string of the molecule is CCNC(Cc1c(F)cccc1F)c1cc(C)ccc1C. The van der Waals surface area contributed by atoms with Gasteiger partial charge in [0.15, 0.2) is 0 Å². The summed E-state index contributed by atoms with van der Waals surface area (Å²) in [6.45, 7) is 6.79. The summed E-state index contributed by atoms with van der Waals surface area (Å²) in [5.74, 6) is -0.966. The lowest BCUT2D eigenvalue weighted by molar-refractivity contribution is 0.498. The van der Waals surface area contributed by atoms with Crippen LogP contribution in [-0.4, -0.2) is 6.54 Å². The maximum Gasteiger partial charge on any atom is 0.129 e. The zero-order valence-corrected chi connectivity index (χ0v) is 12.7. The summed E-state index contributed by atoms with van der Waals surface area (Å²) in [6, 6.07) is 10.1. The molecule has 21 heavy (non-hydrogen) atoms. The summed E-state index contributed by atoms with van der Waals surface area (Å²) in [6.07, 6.45) is 0.302. The van der Waals surface area contributed by atoms with Crippen molar-refractivity contribution in [3.63, 3.8) is 0 Å². The summed E-state index contributed by atoms with van der Waals surface area (Å²) in [5, 5.41) is 3.34. The van der Waals surface area contributed by atoms with Gasteiger partial charge < -0.3 is 5.32 Å². The van der Waals surface area contributed by atoms with Crippen LogP contribution in [0.15, 0.2) is 36.4 Å². The molecule has 1 atom stereocenters. The lowest BCUT2D eigenvalue weighted by atomic mass is 9.93. The van der Waals surface area contributed by atoms with Crippen molar-refractivity contribution in [1.82, 2.24) is 5.32 Å². The Morgan fingerprint density at radius 2 is 1.71 bits per heavy atom. The molecule has 0 aromatic heterocycles. The third kappa shape index (κ3) is 3.67. The second-order valence-corrected chi connectivity index (χ2v) is 5.37. The Kier molecular flexibility index (Phi) is 5.07. The van der Waals surface area contributed by atoms with Gasteiger partial charge in [0, 0.05) is 11.6 Å². The van der Waals surface area contributed by atoms with Gasteiger partial charge in [-0.3, -0.25) is 0 Å². The highest BCUT2D eigenvalue weighted by Crippen LogP contribution is 2.25. The molecule has 2 aromatic carbocycles. The number of hydrogen-bond acceptors (Lipinski definition) is 1. The van der Waals surface area contributed by atoms with Crippen LogP contribution < -0.4 is 5.32 Å². The molecule has 1 nitrogen and oxygen atoms in total. The molecule has 0 fully saturated rings. The highest BCUT2D eigenvalue weighted by atomic mass is 19.1. The van der Waals surface area contributed by atoms with E-state index in [-0.39, 0.29) is 11.6 Å². The predicted octanol–water partition coefficient (Wildman–Crippen LogP) is 4.47. The molecule has 2 rings (SSSR count). The number of hydrogen-bond donors (Lipinski definition) is 1. The minimum atomic E-state index is -0.483. The highest BCUT2D eigenvalue weighted by Gasteiger charge is 2.18. The van der Waals surface area contributed by atoms with Gasteiger partial charge in [0.25, 0.3) is 0 Å². The van der Waals surface area contributed by atoms with E-state index >= 15 is 0 Å². The quantitative estimate of drug-likeness (QED) is 0.856. The molecule has 0 bridgehead atoms. The van der Waals surface area contributed by atoms with Crippen LogP contribution in [-0.2, 0) is 6.42 Å².